The highest BCUT2D eigenvalue weighted by molar-refractivity contribution is 9.10. The maximum absolute atomic E-state index is 13.8. The molecule has 2 aromatic carbocycles. The van der Waals surface area contributed by atoms with Crippen molar-refractivity contribution in [3.8, 4) is 0 Å². The Labute approximate surface area is 186 Å². The quantitative estimate of drug-likeness (QED) is 0.363. The first-order chi connectivity index (χ1) is 14.4. The molecule has 0 unspecified atom stereocenters. The van der Waals surface area contributed by atoms with Crippen LogP contribution in [-0.4, -0.2) is 30.4 Å². The molecule has 9 heteroatoms. The zero-order valence-corrected chi connectivity index (χ0v) is 18.8. The van der Waals surface area contributed by atoms with Crippen molar-refractivity contribution in [3.05, 3.63) is 68.9 Å². The van der Waals surface area contributed by atoms with Crippen molar-refractivity contribution in [2.24, 2.45) is 5.92 Å². The molecule has 0 aliphatic rings. The number of hydrogen-bond donors (Lipinski definition) is 0. The van der Waals surface area contributed by atoms with E-state index in [-0.39, 0.29) is 36.6 Å². The molecule has 0 heterocycles. The summed E-state index contributed by atoms with van der Waals surface area (Å²) in [5, 5.41) is 0. The van der Waals surface area contributed by atoms with Crippen LogP contribution in [0.5, 0.6) is 0 Å². The van der Waals surface area contributed by atoms with Crippen LogP contribution in [0, 0.1) is 11.7 Å². The van der Waals surface area contributed by atoms with Gasteiger partial charge in [0.1, 0.15) is 5.82 Å². The Morgan fingerprint density at radius 3 is 2.39 bits per heavy atom. The third-order valence-electron chi connectivity index (χ3n) is 4.32. The van der Waals surface area contributed by atoms with Gasteiger partial charge in [0.25, 0.3) is 5.91 Å². The van der Waals surface area contributed by atoms with Crippen molar-refractivity contribution in [1.82, 2.24) is 4.90 Å². The highest BCUT2D eigenvalue weighted by atomic mass is 79.9. The van der Waals surface area contributed by atoms with Crippen LogP contribution in [0.25, 0.3) is 0 Å². The van der Waals surface area contributed by atoms with Crippen molar-refractivity contribution in [1.29, 1.82) is 0 Å². The molecular weight excluding hydrogens is 482 g/mol. The van der Waals surface area contributed by atoms with E-state index in [4.69, 9.17) is 4.74 Å². The Hall–Kier alpha value is -2.42. The monoisotopic (exact) mass is 503 g/mol. The van der Waals surface area contributed by atoms with Gasteiger partial charge in [0.2, 0.25) is 0 Å². The van der Waals surface area contributed by atoms with Gasteiger partial charge in [0, 0.05) is 23.6 Å². The van der Waals surface area contributed by atoms with E-state index in [9.17, 15) is 27.2 Å². The lowest BCUT2D eigenvalue weighted by Crippen LogP contribution is -2.28. The molecule has 0 aromatic heterocycles. The lowest BCUT2D eigenvalue weighted by molar-refractivity contribution is -0.144. The molecule has 168 valence electrons. The minimum absolute atomic E-state index is 0.110. The zero-order valence-electron chi connectivity index (χ0n) is 17.2. The number of nitrogens with zero attached hydrogens (tertiary/aromatic N) is 1. The number of benzene rings is 2. The van der Waals surface area contributed by atoms with Gasteiger partial charge in [-0.3, -0.25) is 9.59 Å². The summed E-state index contributed by atoms with van der Waals surface area (Å²) in [6, 6.07) is 7.36. The third-order valence-corrected chi connectivity index (χ3v) is 4.81. The van der Waals surface area contributed by atoms with Gasteiger partial charge in [0.15, 0.2) is 0 Å². The molecule has 31 heavy (non-hydrogen) atoms. The van der Waals surface area contributed by atoms with Crippen LogP contribution in [0.4, 0.5) is 17.6 Å². The summed E-state index contributed by atoms with van der Waals surface area (Å²) in [7, 11) is 1.45. The number of carbonyl (C=O) groups excluding carboxylic acids is 2. The van der Waals surface area contributed by atoms with Crippen molar-refractivity contribution >= 4 is 27.8 Å². The summed E-state index contributed by atoms with van der Waals surface area (Å²) in [5.74, 6) is -2.17. The molecular formula is C22H22BrF4NO3. The highest BCUT2D eigenvalue weighted by Crippen LogP contribution is 2.31. The average molecular weight is 504 g/mol. The number of hydrogen-bond acceptors (Lipinski definition) is 3. The van der Waals surface area contributed by atoms with Crippen molar-refractivity contribution in [3.63, 3.8) is 0 Å². The molecule has 2 rings (SSSR count). The number of esters is 1. The second kappa shape index (κ2) is 10.3. The normalized spacial score (nSPS) is 11.5. The van der Waals surface area contributed by atoms with Crippen LogP contribution in [0.2, 0.25) is 0 Å². The van der Waals surface area contributed by atoms with E-state index in [1.165, 1.54) is 11.9 Å². The van der Waals surface area contributed by atoms with Crippen LogP contribution in [-0.2, 0) is 28.7 Å². The highest BCUT2D eigenvalue weighted by Gasteiger charge is 2.34. The van der Waals surface area contributed by atoms with Crippen LogP contribution < -0.4 is 0 Å². The maximum atomic E-state index is 13.8. The number of rotatable bonds is 7. The summed E-state index contributed by atoms with van der Waals surface area (Å²) in [4.78, 5) is 26.3. The molecule has 0 saturated heterocycles. The van der Waals surface area contributed by atoms with Gasteiger partial charge in [-0.1, -0.05) is 35.8 Å². The van der Waals surface area contributed by atoms with E-state index in [0.29, 0.717) is 16.1 Å². The lowest BCUT2D eigenvalue weighted by atomic mass is 10.0. The summed E-state index contributed by atoms with van der Waals surface area (Å²) in [6.45, 7) is 3.96. The Kier molecular flexibility index (Phi) is 8.22. The maximum Gasteiger partial charge on any atom is 0.419 e. The van der Waals surface area contributed by atoms with E-state index >= 15 is 0 Å². The summed E-state index contributed by atoms with van der Waals surface area (Å²) in [5.41, 5.74) is -0.463. The molecule has 0 saturated carbocycles. The number of ether oxygens (including phenoxy) is 1. The van der Waals surface area contributed by atoms with E-state index in [1.54, 1.807) is 18.2 Å². The van der Waals surface area contributed by atoms with Gasteiger partial charge >= 0.3 is 12.1 Å². The molecule has 0 aliphatic carbocycles. The second-order valence-electron chi connectivity index (χ2n) is 7.53. The Bertz CT molecular complexity index is 960. The third kappa shape index (κ3) is 7.05. The van der Waals surface area contributed by atoms with Gasteiger partial charge in [0.05, 0.1) is 18.6 Å². The molecule has 0 bridgehead atoms. The zero-order chi connectivity index (χ0) is 23.3. The second-order valence-corrected chi connectivity index (χ2v) is 8.44. The fourth-order valence-corrected chi connectivity index (χ4v) is 3.23. The number of carbonyl (C=O) groups is 2. The molecule has 0 atom stereocenters. The first kappa shape index (κ1) is 24.8. The van der Waals surface area contributed by atoms with Gasteiger partial charge < -0.3 is 9.64 Å². The predicted octanol–water partition coefficient (Wildman–Crippen LogP) is 5.62. The standard InChI is InChI=1S/C22H22BrF4NO3/c1-13(2)12-31-20(29)10-15-9-16(23)5-6-17(15)21(30)28(3)11-14-4-7-18(19(24)8-14)22(25,26)27/h4-9,13H,10-12H2,1-3H3. The predicted molar refractivity (Wildman–Crippen MR) is 111 cm³/mol. The Morgan fingerprint density at radius 2 is 1.81 bits per heavy atom. The number of amides is 1. The van der Waals surface area contributed by atoms with Crippen LogP contribution >= 0.6 is 15.9 Å². The molecule has 4 nitrogen and oxygen atoms in total. The molecule has 0 N–H and O–H groups in total. The molecule has 0 radical (unpaired) electrons. The van der Waals surface area contributed by atoms with Crippen LogP contribution in [0.1, 0.15) is 40.9 Å². The minimum atomic E-state index is -4.79. The first-order valence-corrected chi connectivity index (χ1v) is 10.2. The molecule has 1 amide bonds. The Morgan fingerprint density at radius 1 is 1.13 bits per heavy atom. The summed E-state index contributed by atoms with van der Waals surface area (Å²) in [6.07, 6.45) is -4.91. The fourth-order valence-electron chi connectivity index (χ4n) is 2.82. The molecule has 0 fully saturated rings. The largest absolute Gasteiger partial charge is 0.465 e. The fraction of sp³-hybridized carbons (Fsp3) is 0.364. The van der Waals surface area contributed by atoms with Crippen LogP contribution in [0.15, 0.2) is 40.9 Å². The number of halogens is 5. The van der Waals surface area contributed by atoms with Crippen molar-refractivity contribution in [2.75, 3.05) is 13.7 Å². The number of alkyl halides is 3. The molecule has 2 aromatic rings. The smallest absolute Gasteiger partial charge is 0.419 e. The van der Waals surface area contributed by atoms with E-state index in [0.717, 1.165) is 12.1 Å². The van der Waals surface area contributed by atoms with Gasteiger partial charge in [-0.15, -0.1) is 0 Å². The molecule has 0 aliphatic heterocycles. The topological polar surface area (TPSA) is 46.6 Å². The van der Waals surface area contributed by atoms with Crippen LogP contribution in [0.3, 0.4) is 0 Å². The van der Waals surface area contributed by atoms with Gasteiger partial charge in [-0.2, -0.15) is 13.2 Å². The van der Waals surface area contributed by atoms with Crippen molar-refractivity contribution in [2.45, 2.75) is 33.0 Å². The molecule has 0 spiro atoms. The lowest BCUT2D eigenvalue weighted by Gasteiger charge is -2.20. The van der Waals surface area contributed by atoms with E-state index in [2.05, 4.69) is 15.9 Å². The van der Waals surface area contributed by atoms with Gasteiger partial charge in [-0.05, 0) is 47.4 Å². The van der Waals surface area contributed by atoms with E-state index in [1.807, 2.05) is 13.8 Å². The SMILES string of the molecule is CC(C)COC(=O)Cc1cc(Br)ccc1C(=O)N(C)Cc1ccc(C(F)(F)F)c(F)c1. The van der Waals surface area contributed by atoms with E-state index < -0.39 is 29.4 Å². The van der Waals surface area contributed by atoms with Gasteiger partial charge in [-0.25, -0.2) is 4.39 Å². The summed E-state index contributed by atoms with van der Waals surface area (Å²) >= 11 is 3.31. The first-order valence-electron chi connectivity index (χ1n) is 9.43. The van der Waals surface area contributed by atoms with Crippen molar-refractivity contribution < 1.29 is 31.9 Å². The average Bonchev–Trinajstić information content (AvgIpc) is 2.65. The summed E-state index contributed by atoms with van der Waals surface area (Å²) < 4.78 is 57.8. The minimum Gasteiger partial charge on any atom is -0.465 e. The Balaban J connectivity index is 2.18.